The zero-order valence-corrected chi connectivity index (χ0v) is 10.4. The van der Waals surface area contributed by atoms with Gasteiger partial charge in [0.25, 0.3) is 5.91 Å². The molecular weight excluding hydrogens is 232 g/mol. The highest BCUT2D eigenvalue weighted by atomic mass is 16.5. The van der Waals surface area contributed by atoms with Crippen LogP contribution in [-0.2, 0) is 4.79 Å². The number of hydrogen-bond acceptors (Lipinski definition) is 4. The molecule has 1 aliphatic carbocycles. The maximum Gasteiger partial charge on any atom is 0.260 e. The van der Waals surface area contributed by atoms with Gasteiger partial charge in [0.1, 0.15) is 17.2 Å². The van der Waals surface area contributed by atoms with Gasteiger partial charge in [0.05, 0.1) is 0 Å². The van der Waals surface area contributed by atoms with Crippen molar-refractivity contribution in [1.29, 1.82) is 0 Å². The number of rotatable bonds is 5. The summed E-state index contributed by atoms with van der Waals surface area (Å²) in [6.45, 7) is 2.61. The molecule has 0 bridgehead atoms. The van der Waals surface area contributed by atoms with Gasteiger partial charge in [-0.2, -0.15) is 0 Å². The first-order chi connectivity index (χ1) is 8.63. The third-order valence-electron chi connectivity index (χ3n) is 3.04. The number of aromatic hydroxyl groups is 1. The summed E-state index contributed by atoms with van der Waals surface area (Å²) in [4.78, 5) is 13.7. The lowest BCUT2D eigenvalue weighted by Crippen LogP contribution is -2.36. The molecule has 1 amide bonds. The Balaban J connectivity index is 1.94. The molecule has 1 aromatic carbocycles. The van der Waals surface area contributed by atoms with E-state index in [-0.39, 0.29) is 24.0 Å². The number of likely N-dealkylation sites (N-methyl/N-ethyl adjacent to an activating group) is 1. The molecule has 0 heterocycles. The highest BCUT2D eigenvalue weighted by molar-refractivity contribution is 5.78. The van der Waals surface area contributed by atoms with Crippen LogP contribution >= 0.6 is 0 Å². The quantitative estimate of drug-likeness (QED) is 0.611. The second-order valence-corrected chi connectivity index (χ2v) is 4.39. The fourth-order valence-electron chi connectivity index (χ4n) is 1.91. The number of nitrogens with two attached hydrogens (primary N) is 1. The lowest BCUT2D eigenvalue weighted by Gasteiger charge is -2.20. The molecule has 1 aliphatic rings. The number of amides is 1. The van der Waals surface area contributed by atoms with Crippen molar-refractivity contribution in [1.82, 2.24) is 4.90 Å². The summed E-state index contributed by atoms with van der Waals surface area (Å²) in [5, 5.41) is 9.42. The average Bonchev–Trinajstić information content (AvgIpc) is 3.16. The number of nitrogen functional groups attached to an aromatic ring is 1. The number of phenolic OH excluding ortho intramolecular Hbond substituents is 1. The van der Waals surface area contributed by atoms with Crippen LogP contribution in [0.3, 0.4) is 0 Å². The molecular formula is C13H18N2O3. The molecule has 0 radical (unpaired) electrons. The van der Waals surface area contributed by atoms with E-state index in [9.17, 15) is 9.90 Å². The Kier molecular flexibility index (Phi) is 3.60. The Morgan fingerprint density at radius 3 is 2.89 bits per heavy atom. The topological polar surface area (TPSA) is 75.8 Å². The van der Waals surface area contributed by atoms with Gasteiger partial charge < -0.3 is 20.5 Å². The smallest absolute Gasteiger partial charge is 0.260 e. The van der Waals surface area contributed by atoms with Gasteiger partial charge in [0.2, 0.25) is 0 Å². The molecule has 5 heteroatoms. The van der Waals surface area contributed by atoms with Gasteiger partial charge in [-0.25, -0.2) is 0 Å². The summed E-state index contributed by atoms with van der Waals surface area (Å²) >= 11 is 0. The number of nitrogens with zero attached hydrogens (tertiary/aromatic N) is 1. The standard InChI is InChI=1S/C13H18N2O3/c1-2-15(9-6-7-9)12(17)8-18-11-5-3-4-10(16)13(11)14/h3-5,9,16H,2,6-8,14H2,1H3. The predicted octanol–water partition coefficient (Wildman–Crippen LogP) is 1.36. The van der Waals surface area contributed by atoms with Crippen LogP contribution in [0.4, 0.5) is 5.69 Å². The minimum Gasteiger partial charge on any atom is -0.506 e. The molecule has 0 saturated heterocycles. The Labute approximate surface area is 106 Å². The largest absolute Gasteiger partial charge is 0.506 e. The van der Waals surface area contributed by atoms with Crippen LogP contribution in [0.1, 0.15) is 19.8 Å². The van der Waals surface area contributed by atoms with Crippen LogP contribution in [0, 0.1) is 0 Å². The Bertz CT molecular complexity index is 444. The van der Waals surface area contributed by atoms with E-state index in [1.807, 2.05) is 11.8 Å². The summed E-state index contributed by atoms with van der Waals surface area (Å²) in [6.07, 6.45) is 2.15. The molecule has 3 N–H and O–H groups in total. The molecule has 5 nitrogen and oxygen atoms in total. The molecule has 18 heavy (non-hydrogen) atoms. The maximum atomic E-state index is 11.9. The van der Waals surface area contributed by atoms with Crippen molar-refractivity contribution in [2.75, 3.05) is 18.9 Å². The zero-order chi connectivity index (χ0) is 13.1. The van der Waals surface area contributed by atoms with Gasteiger partial charge in [-0.3, -0.25) is 4.79 Å². The number of carbonyl (C=O) groups is 1. The van der Waals surface area contributed by atoms with E-state index in [2.05, 4.69) is 0 Å². The van der Waals surface area contributed by atoms with Crippen LogP contribution in [0.15, 0.2) is 18.2 Å². The van der Waals surface area contributed by atoms with Crippen molar-refractivity contribution in [2.45, 2.75) is 25.8 Å². The number of anilines is 1. The van der Waals surface area contributed by atoms with Crippen molar-refractivity contribution in [3.8, 4) is 11.5 Å². The van der Waals surface area contributed by atoms with Gasteiger partial charge in [-0.15, -0.1) is 0 Å². The van der Waals surface area contributed by atoms with Crippen molar-refractivity contribution < 1.29 is 14.6 Å². The second kappa shape index (κ2) is 5.16. The number of ether oxygens (including phenoxy) is 1. The maximum absolute atomic E-state index is 11.9. The molecule has 0 spiro atoms. The van der Waals surface area contributed by atoms with Gasteiger partial charge in [0.15, 0.2) is 6.61 Å². The van der Waals surface area contributed by atoms with Gasteiger partial charge in [-0.05, 0) is 31.9 Å². The van der Waals surface area contributed by atoms with Gasteiger partial charge in [0, 0.05) is 12.6 Å². The first-order valence-electron chi connectivity index (χ1n) is 6.13. The Morgan fingerprint density at radius 2 is 2.28 bits per heavy atom. The van der Waals surface area contributed by atoms with Crippen LogP contribution < -0.4 is 10.5 Å². The van der Waals surface area contributed by atoms with Crippen molar-refractivity contribution >= 4 is 11.6 Å². The van der Waals surface area contributed by atoms with Crippen molar-refractivity contribution in [2.24, 2.45) is 0 Å². The normalized spacial score (nSPS) is 14.3. The van der Waals surface area contributed by atoms with Crippen molar-refractivity contribution in [3.05, 3.63) is 18.2 Å². The molecule has 0 atom stereocenters. The SMILES string of the molecule is CCN(C(=O)COc1cccc(O)c1N)C1CC1. The minimum atomic E-state index is -0.0437. The summed E-state index contributed by atoms with van der Waals surface area (Å²) < 4.78 is 5.36. The highest BCUT2D eigenvalue weighted by Gasteiger charge is 2.31. The van der Waals surface area contributed by atoms with E-state index < -0.39 is 0 Å². The van der Waals surface area contributed by atoms with Crippen molar-refractivity contribution in [3.63, 3.8) is 0 Å². The first kappa shape index (κ1) is 12.5. The molecule has 98 valence electrons. The van der Waals surface area contributed by atoms with E-state index in [1.54, 1.807) is 12.1 Å². The molecule has 1 aromatic rings. The van der Waals surface area contributed by atoms with E-state index in [4.69, 9.17) is 10.5 Å². The van der Waals surface area contributed by atoms with Crippen LogP contribution in [-0.4, -0.2) is 35.1 Å². The average molecular weight is 250 g/mol. The number of carbonyl (C=O) groups excluding carboxylic acids is 1. The summed E-state index contributed by atoms with van der Waals surface area (Å²) in [5.41, 5.74) is 5.82. The lowest BCUT2D eigenvalue weighted by atomic mass is 10.3. The third kappa shape index (κ3) is 2.67. The summed E-state index contributed by atoms with van der Waals surface area (Å²) in [5.74, 6) is 0.271. The number of benzene rings is 1. The Hall–Kier alpha value is -1.91. The van der Waals surface area contributed by atoms with E-state index in [0.717, 1.165) is 12.8 Å². The second-order valence-electron chi connectivity index (χ2n) is 4.39. The van der Waals surface area contributed by atoms with E-state index >= 15 is 0 Å². The fraction of sp³-hybridized carbons (Fsp3) is 0.462. The molecule has 0 aromatic heterocycles. The molecule has 1 saturated carbocycles. The highest BCUT2D eigenvalue weighted by Crippen LogP contribution is 2.30. The molecule has 0 aliphatic heterocycles. The lowest BCUT2D eigenvalue weighted by molar-refractivity contribution is -0.133. The van der Waals surface area contributed by atoms with Gasteiger partial charge in [-0.1, -0.05) is 6.07 Å². The predicted molar refractivity (Wildman–Crippen MR) is 68.4 cm³/mol. The first-order valence-corrected chi connectivity index (χ1v) is 6.13. The van der Waals surface area contributed by atoms with E-state index in [1.165, 1.54) is 6.07 Å². The van der Waals surface area contributed by atoms with E-state index in [0.29, 0.717) is 18.3 Å². The monoisotopic (exact) mass is 250 g/mol. The molecule has 1 fully saturated rings. The summed E-state index contributed by atoms with van der Waals surface area (Å²) in [7, 11) is 0. The van der Waals surface area contributed by atoms with Crippen LogP contribution in [0.2, 0.25) is 0 Å². The number of phenols is 1. The number of para-hydroxylation sites is 1. The van der Waals surface area contributed by atoms with Crippen LogP contribution in [0.25, 0.3) is 0 Å². The molecule has 0 unspecified atom stereocenters. The zero-order valence-electron chi connectivity index (χ0n) is 10.4. The number of hydrogen-bond donors (Lipinski definition) is 2. The van der Waals surface area contributed by atoms with Gasteiger partial charge >= 0.3 is 0 Å². The molecule has 2 rings (SSSR count). The minimum absolute atomic E-state index is 0.0329. The third-order valence-corrected chi connectivity index (χ3v) is 3.04. The van der Waals surface area contributed by atoms with Crippen LogP contribution in [0.5, 0.6) is 11.5 Å². The Morgan fingerprint density at radius 1 is 1.56 bits per heavy atom. The summed E-state index contributed by atoms with van der Waals surface area (Å²) in [6, 6.07) is 5.12. The fourth-order valence-corrected chi connectivity index (χ4v) is 1.91.